The SMILES string of the molecule is CC(N)Cn1c(=O)c2ccc(O)cc2n(C)c1=O. The predicted molar refractivity (Wildman–Crippen MR) is 68.8 cm³/mol. The third-order valence-corrected chi connectivity index (χ3v) is 2.81. The first-order valence-electron chi connectivity index (χ1n) is 5.60. The minimum atomic E-state index is -0.435. The number of nitrogens with zero attached hydrogens (tertiary/aromatic N) is 2. The van der Waals surface area contributed by atoms with Crippen molar-refractivity contribution < 1.29 is 5.11 Å². The highest BCUT2D eigenvalue weighted by molar-refractivity contribution is 5.79. The first kappa shape index (κ1) is 12.4. The molecule has 3 N–H and O–H groups in total. The Labute approximate surface area is 103 Å². The van der Waals surface area contributed by atoms with Gasteiger partial charge in [-0.3, -0.25) is 13.9 Å². The largest absolute Gasteiger partial charge is 0.508 e. The molecule has 1 atom stereocenters. The standard InChI is InChI=1S/C12H15N3O3/c1-7(13)6-15-11(17)9-4-3-8(16)5-10(9)14(2)12(15)18/h3-5,7,16H,6,13H2,1-2H3. The van der Waals surface area contributed by atoms with E-state index >= 15 is 0 Å². The average molecular weight is 249 g/mol. The van der Waals surface area contributed by atoms with E-state index in [1.165, 1.54) is 22.8 Å². The highest BCUT2D eigenvalue weighted by atomic mass is 16.3. The van der Waals surface area contributed by atoms with E-state index in [0.29, 0.717) is 10.9 Å². The van der Waals surface area contributed by atoms with E-state index in [1.54, 1.807) is 14.0 Å². The molecular formula is C12H15N3O3. The zero-order valence-electron chi connectivity index (χ0n) is 10.3. The lowest BCUT2D eigenvalue weighted by molar-refractivity contribution is 0.475. The van der Waals surface area contributed by atoms with E-state index in [4.69, 9.17) is 5.73 Å². The quantitative estimate of drug-likeness (QED) is 0.768. The van der Waals surface area contributed by atoms with Crippen LogP contribution in [0.4, 0.5) is 0 Å². The van der Waals surface area contributed by atoms with Gasteiger partial charge in [-0.2, -0.15) is 0 Å². The summed E-state index contributed by atoms with van der Waals surface area (Å²) >= 11 is 0. The van der Waals surface area contributed by atoms with Crippen LogP contribution in [0.1, 0.15) is 6.92 Å². The molecule has 0 aliphatic heterocycles. The number of phenols is 1. The smallest absolute Gasteiger partial charge is 0.331 e. The fourth-order valence-corrected chi connectivity index (χ4v) is 1.94. The zero-order valence-corrected chi connectivity index (χ0v) is 10.3. The van der Waals surface area contributed by atoms with Crippen molar-refractivity contribution in [2.75, 3.05) is 0 Å². The van der Waals surface area contributed by atoms with Gasteiger partial charge in [-0.05, 0) is 19.1 Å². The highest BCUT2D eigenvalue weighted by Gasteiger charge is 2.12. The van der Waals surface area contributed by atoms with Gasteiger partial charge in [0.25, 0.3) is 5.56 Å². The third-order valence-electron chi connectivity index (χ3n) is 2.81. The number of hydrogen-bond acceptors (Lipinski definition) is 4. The molecule has 0 bridgehead atoms. The van der Waals surface area contributed by atoms with Crippen LogP contribution in [0.15, 0.2) is 27.8 Å². The molecule has 0 saturated heterocycles. The van der Waals surface area contributed by atoms with Crippen LogP contribution in [0.25, 0.3) is 10.9 Å². The predicted octanol–water partition coefficient (Wildman–Crippen LogP) is -0.247. The molecule has 6 heteroatoms. The van der Waals surface area contributed by atoms with Crippen molar-refractivity contribution in [3.05, 3.63) is 39.0 Å². The number of benzene rings is 1. The molecule has 1 heterocycles. The summed E-state index contributed by atoms with van der Waals surface area (Å²) in [5, 5.41) is 9.79. The van der Waals surface area contributed by atoms with Crippen molar-refractivity contribution in [2.24, 2.45) is 12.8 Å². The van der Waals surface area contributed by atoms with Gasteiger partial charge in [-0.1, -0.05) is 0 Å². The van der Waals surface area contributed by atoms with Crippen LogP contribution in [0, 0.1) is 0 Å². The normalized spacial score (nSPS) is 12.8. The van der Waals surface area contributed by atoms with Crippen LogP contribution in [0.3, 0.4) is 0 Å². The molecule has 1 unspecified atom stereocenters. The van der Waals surface area contributed by atoms with Crippen molar-refractivity contribution in [1.82, 2.24) is 9.13 Å². The second-order valence-electron chi connectivity index (χ2n) is 4.44. The number of aromatic hydroxyl groups is 1. The molecule has 18 heavy (non-hydrogen) atoms. The van der Waals surface area contributed by atoms with E-state index in [-0.39, 0.29) is 23.9 Å². The number of aromatic nitrogens is 2. The maximum Gasteiger partial charge on any atom is 0.331 e. The fourth-order valence-electron chi connectivity index (χ4n) is 1.94. The number of hydrogen-bond donors (Lipinski definition) is 2. The molecule has 1 aromatic carbocycles. The summed E-state index contributed by atoms with van der Waals surface area (Å²) in [6.45, 7) is 1.90. The lowest BCUT2D eigenvalue weighted by Gasteiger charge is -2.12. The van der Waals surface area contributed by atoms with E-state index in [1.807, 2.05) is 0 Å². The van der Waals surface area contributed by atoms with Gasteiger partial charge in [0.05, 0.1) is 10.9 Å². The molecule has 0 fully saturated rings. The molecule has 0 amide bonds. The minimum absolute atomic E-state index is 0.0156. The molecule has 6 nitrogen and oxygen atoms in total. The molecule has 0 radical (unpaired) electrons. The van der Waals surface area contributed by atoms with Crippen LogP contribution < -0.4 is 17.0 Å². The van der Waals surface area contributed by atoms with E-state index in [0.717, 1.165) is 4.57 Å². The van der Waals surface area contributed by atoms with Crippen molar-refractivity contribution >= 4 is 10.9 Å². The number of phenolic OH excluding ortho intramolecular Hbond substituents is 1. The Kier molecular flexibility index (Phi) is 2.96. The Morgan fingerprint density at radius 3 is 2.67 bits per heavy atom. The second-order valence-corrected chi connectivity index (χ2v) is 4.44. The summed E-state index contributed by atoms with van der Waals surface area (Å²) in [6, 6.07) is 4.04. The summed E-state index contributed by atoms with van der Waals surface area (Å²) in [5.74, 6) is 0.0156. The molecule has 0 aliphatic rings. The third kappa shape index (κ3) is 1.91. The van der Waals surface area contributed by atoms with Gasteiger partial charge in [0, 0.05) is 25.7 Å². The maximum atomic E-state index is 12.2. The maximum absolute atomic E-state index is 12.2. The molecule has 1 aromatic heterocycles. The zero-order chi connectivity index (χ0) is 13.4. The van der Waals surface area contributed by atoms with Crippen molar-refractivity contribution in [1.29, 1.82) is 0 Å². The first-order chi connectivity index (χ1) is 8.41. The second kappa shape index (κ2) is 4.30. The Morgan fingerprint density at radius 2 is 2.06 bits per heavy atom. The molecule has 0 saturated carbocycles. The van der Waals surface area contributed by atoms with Crippen molar-refractivity contribution in [3.8, 4) is 5.75 Å². The summed E-state index contributed by atoms with van der Waals surface area (Å²) in [7, 11) is 1.56. The number of fused-ring (bicyclic) bond motifs is 1. The van der Waals surface area contributed by atoms with Crippen LogP contribution in [-0.2, 0) is 13.6 Å². The molecule has 0 spiro atoms. The van der Waals surface area contributed by atoms with Gasteiger partial charge in [-0.15, -0.1) is 0 Å². The van der Waals surface area contributed by atoms with Gasteiger partial charge in [0.2, 0.25) is 0 Å². The monoisotopic (exact) mass is 249 g/mol. The Balaban J connectivity index is 2.88. The van der Waals surface area contributed by atoms with Crippen LogP contribution in [0.5, 0.6) is 5.75 Å². The van der Waals surface area contributed by atoms with E-state index < -0.39 is 5.69 Å². The van der Waals surface area contributed by atoms with Crippen LogP contribution >= 0.6 is 0 Å². The van der Waals surface area contributed by atoms with Gasteiger partial charge < -0.3 is 10.8 Å². The first-order valence-corrected chi connectivity index (χ1v) is 5.60. The molecular weight excluding hydrogens is 234 g/mol. The molecule has 2 aromatic rings. The summed E-state index contributed by atoms with van der Waals surface area (Å²) in [4.78, 5) is 24.2. The number of rotatable bonds is 2. The van der Waals surface area contributed by atoms with Crippen molar-refractivity contribution in [2.45, 2.75) is 19.5 Å². The fraction of sp³-hybridized carbons (Fsp3) is 0.333. The Hall–Kier alpha value is -2.08. The summed E-state index contributed by atoms with van der Waals surface area (Å²) < 4.78 is 2.45. The Bertz CT molecular complexity index is 713. The Morgan fingerprint density at radius 1 is 1.39 bits per heavy atom. The van der Waals surface area contributed by atoms with Gasteiger partial charge in [0.1, 0.15) is 5.75 Å². The average Bonchev–Trinajstić information content (AvgIpc) is 2.31. The van der Waals surface area contributed by atoms with E-state index in [9.17, 15) is 14.7 Å². The summed E-state index contributed by atoms with van der Waals surface area (Å²) in [6.07, 6.45) is 0. The van der Waals surface area contributed by atoms with Crippen LogP contribution in [0.2, 0.25) is 0 Å². The minimum Gasteiger partial charge on any atom is -0.508 e. The number of aryl methyl sites for hydroxylation is 1. The summed E-state index contributed by atoms with van der Waals surface area (Å²) in [5.41, 5.74) is 5.22. The van der Waals surface area contributed by atoms with Gasteiger partial charge >= 0.3 is 5.69 Å². The number of nitrogens with two attached hydrogens (primary N) is 1. The van der Waals surface area contributed by atoms with Gasteiger partial charge in [0.15, 0.2) is 0 Å². The molecule has 2 rings (SSSR count). The highest BCUT2D eigenvalue weighted by Crippen LogP contribution is 2.15. The lowest BCUT2D eigenvalue weighted by atomic mass is 10.2. The van der Waals surface area contributed by atoms with Crippen molar-refractivity contribution in [3.63, 3.8) is 0 Å². The lowest BCUT2D eigenvalue weighted by Crippen LogP contribution is -2.42. The van der Waals surface area contributed by atoms with Crippen LogP contribution in [-0.4, -0.2) is 20.3 Å². The molecule has 96 valence electrons. The van der Waals surface area contributed by atoms with E-state index in [2.05, 4.69) is 0 Å². The van der Waals surface area contributed by atoms with Gasteiger partial charge in [-0.25, -0.2) is 4.79 Å². The molecule has 0 aliphatic carbocycles. The topological polar surface area (TPSA) is 90.2 Å².